The Morgan fingerprint density at radius 3 is 2.47 bits per heavy atom. The monoisotopic (exact) mass is 438 g/mol. The van der Waals surface area contributed by atoms with Gasteiger partial charge in [-0.2, -0.15) is 4.31 Å². The number of nitrogens with one attached hydrogen (secondary N) is 1. The maximum Gasteiger partial charge on any atom is 0.310 e. The molecule has 0 amide bonds. The number of aliphatic imine (C=N–C) groups is 1. The molecule has 0 aliphatic carbocycles. The van der Waals surface area contributed by atoms with Gasteiger partial charge in [0.25, 0.3) is 0 Å². The molecule has 1 heterocycles. The van der Waals surface area contributed by atoms with Gasteiger partial charge in [0.15, 0.2) is 5.96 Å². The lowest BCUT2D eigenvalue weighted by molar-refractivity contribution is -0.145. The van der Waals surface area contributed by atoms with Gasteiger partial charge in [0.05, 0.1) is 24.5 Å². The van der Waals surface area contributed by atoms with E-state index in [1.807, 2.05) is 27.7 Å². The van der Waals surface area contributed by atoms with Crippen molar-refractivity contribution in [3.8, 4) is 0 Å². The third-order valence-corrected chi connectivity index (χ3v) is 7.54. The highest BCUT2D eigenvalue weighted by Crippen LogP contribution is 2.24. The van der Waals surface area contributed by atoms with Gasteiger partial charge >= 0.3 is 5.97 Å². The van der Waals surface area contributed by atoms with E-state index in [4.69, 9.17) is 9.73 Å². The quantitative estimate of drug-likeness (QED) is 0.397. The van der Waals surface area contributed by atoms with Gasteiger partial charge in [0, 0.05) is 32.7 Å². The zero-order valence-corrected chi connectivity index (χ0v) is 19.6. The van der Waals surface area contributed by atoms with Crippen molar-refractivity contribution in [2.24, 2.45) is 16.8 Å². The number of benzene rings is 1. The number of rotatable bonds is 7. The average molecular weight is 439 g/mol. The first-order chi connectivity index (χ1) is 14.1. The minimum Gasteiger partial charge on any atom is -0.469 e. The number of carbonyl (C=O) groups excluding carboxylic acids is 1. The number of hydrogen-bond acceptors (Lipinski definition) is 5. The minimum atomic E-state index is -3.50. The van der Waals surface area contributed by atoms with Crippen molar-refractivity contribution in [1.29, 1.82) is 0 Å². The highest BCUT2D eigenvalue weighted by atomic mass is 32.2. The molecule has 0 aromatic heterocycles. The van der Waals surface area contributed by atoms with Gasteiger partial charge < -0.3 is 15.0 Å². The van der Waals surface area contributed by atoms with E-state index in [1.54, 1.807) is 31.3 Å². The molecule has 2 atom stereocenters. The molecule has 1 N–H and O–H groups in total. The van der Waals surface area contributed by atoms with Gasteiger partial charge in [-0.3, -0.25) is 4.79 Å². The molecule has 8 nitrogen and oxygen atoms in total. The maximum absolute atomic E-state index is 12.6. The van der Waals surface area contributed by atoms with Crippen LogP contribution < -0.4 is 5.32 Å². The molecule has 1 aromatic rings. The van der Waals surface area contributed by atoms with Gasteiger partial charge in [0.2, 0.25) is 10.0 Å². The van der Waals surface area contributed by atoms with Crippen LogP contribution in [0.4, 0.5) is 0 Å². The van der Waals surface area contributed by atoms with Gasteiger partial charge in [-0.15, -0.1) is 0 Å². The summed E-state index contributed by atoms with van der Waals surface area (Å²) in [4.78, 5) is 19.0. The largest absolute Gasteiger partial charge is 0.469 e. The molecule has 0 radical (unpaired) electrons. The van der Waals surface area contributed by atoms with Crippen molar-refractivity contribution in [2.45, 2.75) is 45.2 Å². The first-order valence-electron chi connectivity index (χ1n) is 10.3. The van der Waals surface area contributed by atoms with Crippen molar-refractivity contribution in [2.75, 3.05) is 33.8 Å². The Morgan fingerprint density at radius 2 is 1.93 bits per heavy atom. The van der Waals surface area contributed by atoms with Crippen LogP contribution in [-0.4, -0.2) is 69.4 Å². The summed E-state index contributed by atoms with van der Waals surface area (Å²) in [5.74, 6) is 0.570. The molecule has 9 heteroatoms. The highest BCUT2D eigenvalue weighted by Gasteiger charge is 2.36. The van der Waals surface area contributed by atoms with Crippen LogP contribution in [0.25, 0.3) is 0 Å². The number of likely N-dealkylation sites (tertiary alicyclic amines) is 1. The summed E-state index contributed by atoms with van der Waals surface area (Å²) in [6, 6.07) is 6.71. The number of ether oxygens (including phenoxy) is 1. The van der Waals surface area contributed by atoms with Crippen LogP contribution in [0.5, 0.6) is 0 Å². The first-order valence-corrected chi connectivity index (χ1v) is 11.7. The Bertz CT molecular complexity index is 852. The fourth-order valence-electron chi connectivity index (χ4n) is 3.40. The zero-order valence-electron chi connectivity index (χ0n) is 18.8. The molecule has 1 aliphatic heterocycles. The van der Waals surface area contributed by atoms with Crippen LogP contribution >= 0.6 is 0 Å². The fraction of sp³-hybridized carbons (Fsp3) is 0.619. The third-order valence-electron chi connectivity index (χ3n) is 5.49. The molecular weight excluding hydrogens is 404 g/mol. The summed E-state index contributed by atoms with van der Waals surface area (Å²) in [5.41, 5.74) is 0.910. The number of hydrogen-bond donors (Lipinski definition) is 1. The molecule has 0 saturated carbocycles. The summed E-state index contributed by atoms with van der Waals surface area (Å²) >= 11 is 0. The molecule has 1 aliphatic rings. The van der Waals surface area contributed by atoms with Crippen LogP contribution in [0, 0.1) is 11.8 Å². The predicted octanol–water partition coefficient (Wildman–Crippen LogP) is 1.92. The van der Waals surface area contributed by atoms with E-state index in [-0.39, 0.29) is 28.7 Å². The van der Waals surface area contributed by atoms with Crippen LogP contribution in [0.2, 0.25) is 0 Å². The molecule has 2 unspecified atom stereocenters. The number of esters is 1. The minimum absolute atomic E-state index is 0.112. The normalized spacial score (nSPS) is 20.1. The van der Waals surface area contributed by atoms with Gasteiger partial charge in [-0.25, -0.2) is 13.4 Å². The molecule has 1 aromatic carbocycles. The number of nitrogens with zero attached hydrogens (tertiary/aromatic N) is 3. The Morgan fingerprint density at radius 1 is 1.30 bits per heavy atom. The van der Waals surface area contributed by atoms with Gasteiger partial charge in [-0.1, -0.05) is 19.1 Å². The number of sulfonamides is 1. The smallest absolute Gasteiger partial charge is 0.310 e. The zero-order chi connectivity index (χ0) is 22.5. The summed E-state index contributed by atoms with van der Waals surface area (Å²) < 4.78 is 31.5. The number of guanidine groups is 1. The van der Waals surface area contributed by atoms with E-state index < -0.39 is 10.0 Å². The van der Waals surface area contributed by atoms with Crippen molar-refractivity contribution in [1.82, 2.24) is 14.5 Å². The standard InChI is InChI=1S/C21H34N4O4S/c1-7-22-21(25-13-16(4)19(14-25)20(26)29-6)23-12-17-8-10-18(11-9-17)30(27,28)24(5)15(2)3/h8-11,15-16,19H,7,12-14H2,1-6H3,(H,22,23). The SMILES string of the molecule is CCNC(=NCc1ccc(S(=O)(=O)N(C)C(C)C)cc1)N1CC(C)C(C(=O)OC)C1. The highest BCUT2D eigenvalue weighted by molar-refractivity contribution is 7.89. The second-order valence-electron chi connectivity index (χ2n) is 7.94. The van der Waals surface area contributed by atoms with E-state index in [0.717, 1.165) is 18.1 Å². The van der Waals surface area contributed by atoms with E-state index in [0.29, 0.717) is 19.6 Å². The topological polar surface area (TPSA) is 91.3 Å². The summed E-state index contributed by atoms with van der Waals surface area (Å²) in [5, 5.41) is 3.28. The maximum atomic E-state index is 12.6. The third kappa shape index (κ3) is 5.51. The molecule has 1 fully saturated rings. The predicted molar refractivity (Wildman–Crippen MR) is 118 cm³/mol. The molecular formula is C21H34N4O4S. The molecule has 168 valence electrons. The lowest BCUT2D eigenvalue weighted by Gasteiger charge is -2.22. The summed E-state index contributed by atoms with van der Waals surface area (Å²) in [6.45, 7) is 10.1. The van der Waals surface area contributed by atoms with E-state index in [2.05, 4.69) is 10.2 Å². The second kappa shape index (κ2) is 10.3. The Labute approximate surface area is 180 Å². The Hall–Kier alpha value is -2.13. The molecule has 30 heavy (non-hydrogen) atoms. The molecule has 2 rings (SSSR count). The van der Waals surface area contributed by atoms with Gasteiger partial charge in [0.1, 0.15) is 0 Å². The molecule has 0 bridgehead atoms. The van der Waals surface area contributed by atoms with Crippen molar-refractivity contribution in [3.63, 3.8) is 0 Å². The van der Waals surface area contributed by atoms with Crippen LogP contribution in [-0.2, 0) is 26.1 Å². The Kier molecular flexibility index (Phi) is 8.25. The van der Waals surface area contributed by atoms with Crippen LogP contribution in [0.15, 0.2) is 34.2 Å². The number of methoxy groups -OCH3 is 1. The van der Waals surface area contributed by atoms with Crippen LogP contribution in [0.3, 0.4) is 0 Å². The second-order valence-corrected chi connectivity index (χ2v) is 9.94. The Balaban J connectivity index is 2.13. The summed E-state index contributed by atoms with van der Waals surface area (Å²) in [6.07, 6.45) is 0. The fourth-order valence-corrected chi connectivity index (χ4v) is 4.77. The average Bonchev–Trinajstić information content (AvgIpc) is 3.11. The molecule has 0 spiro atoms. The lowest BCUT2D eigenvalue weighted by Crippen LogP contribution is -2.40. The van der Waals surface area contributed by atoms with Gasteiger partial charge in [-0.05, 0) is 44.4 Å². The van der Waals surface area contributed by atoms with Crippen LogP contribution in [0.1, 0.15) is 33.3 Å². The van der Waals surface area contributed by atoms with Crippen molar-refractivity contribution in [3.05, 3.63) is 29.8 Å². The van der Waals surface area contributed by atoms with E-state index in [9.17, 15) is 13.2 Å². The number of carbonyl (C=O) groups is 1. The molecule has 1 saturated heterocycles. The van der Waals surface area contributed by atoms with Crippen molar-refractivity contribution < 1.29 is 17.9 Å². The van der Waals surface area contributed by atoms with E-state index >= 15 is 0 Å². The van der Waals surface area contributed by atoms with E-state index in [1.165, 1.54) is 11.4 Å². The lowest BCUT2D eigenvalue weighted by atomic mass is 9.99. The van der Waals surface area contributed by atoms with Crippen molar-refractivity contribution >= 4 is 22.0 Å². The summed E-state index contributed by atoms with van der Waals surface area (Å²) in [7, 11) is -0.498. The first kappa shape index (κ1) is 24.1.